The van der Waals surface area contributed by atoms with E-state index < -0.39 is 17.3 Å². The molecule has 0 aromatic carbocycles. The van der Waals surface area contributed by atoms with Crippen LogP contribution >= 0.6 is 0 Å². The fourth-order valence-electron chi connectivity index (χ4n) is 2.53. The van der Waals surface area contributed by atoms with Gasteiger partial charge in [0.15, 0.2) is 0 Å². The largest absolute Gasteiger partial charge is 0.481 e. The van der Waals surface area contributed by atoms with Gasteiger partial charge in [0.1, 0.15) is 6.79 Å². The first-order valence-corrected chi connectivity index (χ1v) is 7.45. The van der Waals surface area contributed by atoms with E-state index in [0.29, 0.717) is 12.8 Å². The average Bonchev–Trinajstić information content (AvgIpc) is 2.50. The Kier molecular flexibility index (Phi) is 7.11. The minimum Gasteiger partial charge on any atom is -0.481 e. The topological polar surface area (TPSA) is 82.1 Å². The molecule has 21 heavy (non-hydrogen) atoms. The Morgan fingerprint density at radius 1 is 1.29 bits per heavy atom. The summed E-state index contributed by atoms with van der Waals surface area (Å²) < 4.78 is 15.7. The molecule has 1 saturated carbocycles. The maximum atomic E-state index is 11.7. The summed E-state index contributed by atoms with van der Waals surface area (Å²) in [6.45, 7) is 3.86. The van der Waals surface area contributed by atoms with Crippen LogP contribution in [0.4, 0.5) is 0 Å². The fraction of sp³-hybridized carbons (Fsp3) is 0.867. The summed E-state index contributed by atoms with van der Waals surface area (Å²) in [5.74, 6) is -1.58. The lowest BCUT2D eigenvalue weighted by Crippen LogP contribution is -2.36. The lowest BCUT2D eigenvalue weighted by molar-refractivity contribution is -0.169. The first kappa shape index (κ1) is 17.9. The Labute approximate surface area is 125 Å². The molecule has 0 aliphatic heterocycles. The molecule has 1 aliphatic rings. The first-order chi connectivity index (χ1) is 9.94. The highest BCUT2D eigenvalue weighted by atomic mass is 16.7. The Morgan fingerprint density at radius 3 is 2.52 bits per heavy atom. The third kappa shape index (κ3) is 4.97. The third-order valence-electron chi connectivity index (χ3n) is 4.26. The number of carboxylic acids is 1. The maximum absolute atomic E-state index is 11.7. The molecule has 1 rings (SSSR count). The maximum Gasteiger partial charge on any atom is 0.313 e. The lowest BCUT2D eigenvalue weighted by atomic mass is 9.86. The highest BCUT2D eigenvalue weighted by Crippen LogP contribution is 2.28. The highest BCUT2D eigenvalue weighted by Gasteiger charge is 2.34. The second-order valence-electron chi connectivity index (χ2n) is 5.81. The molecule has 122 valence electrons. The summed E-state index contributed by atoms with van der Waals surface area (Å²) >= 11 is 0. The fourth-order valence-corrected chi connectivity index (χ4v) is 2.53. The zero-order chi connectivity index (χ0) is 15.9. The number of carboxylic acid groups (broad SMARTS) is 1. The second-order valence-corrected chi connectivity index (χ2v) is 5.81. The standard InChI is InChI=1S/C15H26O6/c1-4-15(2,14(18)19-3)9-20-10-21-12-8-6-5-7-11(12)13(16)17/h11-12H,4-10H2,1-3H3,(H,16,17). The van der Waals surface area contributed by atoms with Gasteiger partial charge in [-0.2, -0.15) is 0 Å². The van der Waals surface area contributed by atoms with Crippen molar-refractivity contribution in [3.63, 3.8) is 0 Å². The molecule has 0 bridgehead atoms. The average molecular weight is 302 g/mol. The number of carbonyl (C=O) groups is 2. The highest BCUT2D eigenvalue weighted by molar-refractivity contribution is 5.76. The third-order valence-corrected chi connectivity index (χ3v) is 4.26. The number of carbonyl (C=O) groups excluding carboxylic acids is 1. The van der Waals surface area contributed by atoms with Gasteiger partial charge < -0.3 is 19.3 Å². The molecule has 6 nitrogen and oxygen atoms in total. The Morgan fingerprint density at radius 2 is 1.95 bits per heavy atom. The van der Waals surface area contributed by atoms with Crippen LogP contribution in [-0.4, -0.2) is 43.7 Å². The molecule has 0 radical (unpaired) electrons. The predicted octanol–water partition coefficient (Wildman–Crippen LogP) is 2.21. The van der Waals surface area contributed by atoms with Crippen molar-refractivity contribution in [1.82, 2.24) is 0 Å². The molecule has 1 aliphatic carbocycles. The van der Waals surface area contributed by atoms with Gasteiger partial charge in [-0.15, -0.1) is 0 Å². The van der Waals surface area contributed by atoms with Crippen LogP contribution in [0.3, 0.4) is 0 Å². The van der Waals surface area contributed by atoms with Crippen molar-refractivity contribution in [2.45, 2.75) is 52.1 Å². The van der Waals surface area contributed by atoms with Crippen molar-refractivity contribution < 1.29 is 28.9 Å². The van der Waals surface area contributed by atoms with Crippen molar-refractivity contribution in [2.24, 2.45) is 11.3 Å². The van der Waals surface area contributed by atoms with Gasteiger partial charge in [-0.3, -0.25) is 9.59 Å². The van der Waals surface area contributed by atoms with E-state index in [1.165, 1.54) is 7.11 Å². The van der Waals surface area contributed by atoms with Crippen molar-refractivity contribution in [3.8, 4) is 0 Å². The number of rotatable bonds is 8. The Bertz CT molecular complexity index is 356. The summed E-state index contributed by atoms with van der Waals surface area (Å²) in [6.07, 6.45) is 3.58. The Balaban J connectivity index is 2.38. The van der Waals surface area contributed by atoms with Crippen LogP contribution in [0, 0.1) is 11.3 Å². The molecule has 0 heterocycles. The zero-order valence-electron chi connectivity index (χ0n) is 13.1. The van der Waals surface area contributed by atoms with Crippen molar-refractivity contribution in [1.29, 1.82) is 0 Å². The summed E-state index contributed by atoms with van der Waals surface area (Å²) in [7, 11) is 1.35. The SMILES string of the molecule is CCC(C)(COCOC1CCCCC1C(=O)O)C(=O)OC. The molecular weight excluding hydrogens is 276 g/mol. The molecule has 6 heteroatoms. The van der Waals surface area contributed by atoms with E-state index in [1.54, 1.807) is 6.92 Å². The number of hydrogen-bond donors (Lipinski definition) is 1. The van der Waals surface area contributed by atoms with Gasteiger partial charge in [0.05, 0.1) is 31.2 Å². The molecule has 0 saturated heterocycles. The van der Waals surface area contributed by atoms with Crippen LogP contribution in [-0.2, 0) is 23.8 Å². The van der Waals surface area contributed by atoms with Crippen molar-refractivity contribution in [3.05, 3.63) is 0 Å². The zero-order valence-corrected chi connectivity index (χ0v) is 13.1. The second kappa shape index (κ2) is 8.34. The number of esters is 1. The van der Waals surface area contributed by atoms with E-state index in [4.69, 9.17) is 19.3 Å². The minimum atomic E-state index is -0.812. The van der Waals surface area contributed by atoms with Crippen LogP contribution in [0.5, 0.6) is 0 Å². The molecule has 1 fully saturated rings. The van der Waals surface area contributed by atoms with Crippen molar-refractivity contribution >= 4 is 11.9 Å². The molecule has 3 atom stereocenters. The van der Waals surface area contributed by atoms with E-state index in [9.17, 15) is 9.59 Å². The summed E-state index contributed by atoms with van der Waals surface area (Å²) in [4.78, 5) is 22.8. The molecule has 0 amide bonds. The van der Waals surface area contributed by atoms with Crippen LogP contribution < -0.4 is 0 Å². The van der Waals surface area contributed by atoms with Gasteiger partial charge in [-0.05, 0) is 26.2 Å². The molecule has 3 unspecified atom stereocenters. The molecule has 0 aromatic rings. The summed E-state index contributed by atoms with van der Waals surface area (Å²) in [6, 6.07) is 0. The molecule has 0 spiro atoms. The van der Waals surface area contributed by atoms with Crippen LogP contribution in [0.25, 0.3) is 0 Å². The van der Waals surface area contributed by atoms with Crippen molar-refractivity contribution in [2.75, 3.05) is 20.5 Å². The van der Waals surface area contributed by atoms with E-state index in [-0.39, 0.29) is 25.5 Å². The van der Waals surface area contributed by atoms with Crippen LogP contribution in [0.15, 0.2) is 0 Å². The van der Waals surface area contributed by atoms with E-state index in [2.05, 4.69) is 0 Å². The number of aliphatic carboxylic acids is 1. The van der Waals surface area contributed by atoms with E-state index >= 15 is 0 Å². The quantitative estimate of drug-likeness (QED) is 0.420. The van der Waals surface area contributed by atoms with Crippen LogP contribution in [0.1, 0.15) is 46.0 Å². The molecular formula is C15H26O6. The smallest absolute Gasteiger partial charge is 0.313 e. The van der Waals surface area contributed by atoms with Gasteiger partial charge in [0, 0.05) is 0 Å². The van der Waals surface area contributed by atoms with E-state index in [0.717, 1.165) is 19.3 Å². The van der Waals surface area contributed by atoms with Gasteiger partial charge >= 0.3 is 11.9 Å². The summed E-state index contributed by atoms with van der Waals surface area (Å²) in [5, 5.41) is 9.16. The predicted molar refractivity (Wildman–Crippen MR) is 75.7 cm³/mol. The van der Waals surface area contributed by atoms with E-state index in [1.807, 2.05) is 6.92 Å². The first-order valence-electron chi connectivity index (χ1n) is 7.45. The summed E-state index contributed by atoms with van der Waals surface area (Å²) in [5.41, 5.74) is -0.698. The molecule has 0 aromatic heterocycles. The number of hydrogen-bond acceptors (Lipinski definition) is 5. The number of methoxy groups -OCH3 is 1. The van der Waals surface area contributed by atoms with Gasteiger partial charge in [-0.25, -0.2) is 0 Å². The van der Waals surface area contributed by atoms with Gasteiger partial charge in [-0.1, -0.05) is 19.8 Å². The van der Waals surface area contributed by atoms with Gasteiger partial charge in [0.25, 0.3) is 0 Å². The van der Waals surface area contributed by atoms with Crippen LogP contribution in [0.2, 0.25) is 0 Å². The Hall–Kier alpha value is -1.14. The normalized spacial score (nSPS) is 25.1. The lowest BCUT2D eigenvalue weighted by Gasteiger charge is -2.29. The number of ether oxygens (including phenoxy) is 3. The minimum absolute atomic E-state index is 0.00102. The van der Waals surface area contributed by atoms with Gasteiger partial charge in [0.2, 0.25) is 0 Å². The molecule has 1 N–H and O–H groups in total. The monoisotopic (exact) mass is 302 g/mol.